The number of halogens is 1. The second-order valence-corrected chi connectivity index (χ2v) is 10.1. The molecule has 0 radical (unpaired) electrons. The molecule has 0 N–H and O–H groups in total. The minimum Gasteiger partial charge on any atom is -0.318 e. The molecule has 1 amide bonds. The lowest BCUT2D eigenvalue weighted by Crippen LogP contribution is -2.32. The first-order valence-electron chi connectivity index (χ1n) is 10.6. The number of carbonyl (C=O) groups excluding carboxylic acids is 2. The first kappa shape index (κ1) is 22.7. The highest BCUT2D eigenvalue weighted by atomic mass is 32.2. The summed E-state index contributed by atoms with van der Waals surface area (Å²) in [5, 5.41) is 8.97. The van der Waals surface area contributed by atoms with Gasteiger partial charge in [-0.25, -0.2) is 4.39 Å². The lowest BCUT2D eigenvalue weighted by Gasteiger charge is -2.17. The number of amides is 1. The van der Waals surface area contributed by atoms with Crippen molar-refractivity contribution in [1.82, 2.24) is 14.8 Å². The first-order chi connectivity index (χ1) is 15.3. The van der Waals surface area contributed by atoms with Crippen LogP contribution in [0.15, 0.2) is 28.6 Å². The van der Waals surface area contributed by atoms with E-state index in [1.165, 1.54) is 29.2 Å². The number of hydrogen-bond acceptors (Lipinski definition) is 6. The smallest absolute Gasteiger partial charge is 0.228 e. The fraction of sp³-hybridized carbons (Fsp3) is 0.391. The minimum atomic E-state index is -0.271. The van der Waals surface area contributed by atoms with Gasteiger partial charge in [-0.1, -0.05) is 36.1 Å². The summed E-state index contributed by atoms with van der Waals surface area (Å²) in [4.78, 5) is 27.0. The SMILES string of the molecule is CCC(=O)N(c1nnc(SCC(=O)c2cc(C)n(-c3ccc(C)c(F)c3)c2C)s1)C1CC1. The predicted octanol–water partition coefficient (Wildman–Crippen LogP) is 5.27. The number of rotatable bonds is 8. The van der Waals surface area contributed by atoms with Crippen molar-refractivity contribution in [2.45, 2.75) is 57.3 Å². The van der Waals surface area contributed by atoms with Gasteiger partial charge in [0.05, 0.1) is 5.75 Å². The van der Waals surface area contributed by atoms with Crippen molar-refractivity contribution in [3.05, 3.63) is 52.6 Å². The summed E-state index contributed by atoms with van der Waals surface area (Å²) in [5.41, 5.74) is 3.55. The Labute approximate surface area is 194 Å². The van der Waals surface area contributed by atoms with Crippen molar-refractivity contribution in [1.29, 1.82) is 0 Å². The van der Waals surface area contributed by atoms with E-state index in [4.69, 9.17) is 0 Å². The zero-order valence-corrected chi connectivity index (χ0v) is 20.1. The molecule has 3 aromatic rings. The Bertz CT molecular complexity index is 1180. The Morgan fingerprint density at radius 1 is 1.22 bits per heavy atom. The van der Waals surface area contributed by atoms with Crippen molar-refractivity contribution in [2.24, 2.45) is 0 Å². The summed E-state index contributed by atoms with van der Waals surface area (Å²) in [6, 6.07) is 7.16. The summed E-state index contributed by atoms with van der Waals surface area (Å²) in [6.07, 6.45) is 2.41. The second kappa shape index (κ2) is 9.15. The van der Waals surface area contributed by atoms with Crippen LogP contribution < -0.4 is 4.90 Å². The number of aromatic nitrogens is 3. The Morgan fingerprint density at radius 2 is 1.97 bits per heavy atom. The van der Waals surface area contributed by atoms with Gasteiger partial charge >= 0.3 is 0 Å². The first-order valence-corrected chi connectivity index (χ1v) is 12.4. The number of nitrogens with zero attached hydrogens (tertiary/aromatic N) is 4. The van der Waals surface area contributed by atoms with Crippen molar-refractivity contribution >= 4 is 39.9 Å². The maximum atomic E-state index is 14.1. The molecule has 2 aromatic heterocycles. The van der Waals surface area contributed by atoms with Crippen LogP contribution in [0.2, 0.25) is 0 Å². The van der Waals surface area contributed by atoms with Gasteiger partial charge in [-0.15, -0.1) is 10.2 Å². The molecule has 0 atom stereocenters. The van der Waals surface area contributed by atoms with E-state index in [9.17, 15) is 14.0 Å². The predicted molar refractivity (Wildman–Crippen MR) is 126 cm³/mol. The molecule has 9 heteroatoms. The Hall–Kier alpha value is -2.52. The zero-order valence-electron chi connectivity index (χ0n) is 18.5. The van der Waals surface area contributed by atoms with Gasteiger partial charge in [0, 0.05) is 35.1 Å². The van der Waals surface area contributed by atoms with E-state index in [1.807, 2.05) is 37.5 Å². The highest BCUT2D eigenvalue weighted by Gasteiger charge is 2.35. The summed E-state index contributed by atoms with van der Waals surface area (Å²) in [5.74, 6) is -0.0299. The van der Waals surface area contributed by atoms with E-state index in [2.05, 4.69) is 10.2 Å². The Kier molecular flexibility index (Phi) is 6.48. The van der Waals surface area contributed by atoms with Gasteiger partial charge in [0.25, 0.3) is 0 Å². The van der Waals surface area contributed by atoms with Crippen LogP contribution in [0.4, 0.5) is 9.52 Å². The number of ketones is 1. The van der Waals surface area contributed by atoms with Crippen LogP contribution in [0.3, 0.4) is 0 Å². The molecule has 168 valence electrons. The molecule has 1 aliphatic carbocycles. The van der Waals surface area contributed by atoms with Gasteiger partial charge in [0.15, 0.2) is 10.1 Å². The molecule has 0 saturated heterocycles. The van der Waals surface area contributed by atoms with E-state index < -0.39 is 0 Å². The molecule has 4 rings (SSSR count). The van der Waals surface area contributed by atoms with Gasteiger partial charge in [-0.3, -0.25) is 14.5 Å². The molecule has 1 saturated carbocycles. The number of hydrogen-bond donors (Lipinski definition) is 0. The molecule has 1 fully saturated rings. The van der Waals surface area contributed by atoms with Crippen LogP contribution >= 0.6 is 23.1 Å². The van der Waals surface area contributed by atoms with Crippen LogP contribution in [0, 0.1) is 26.6 Å². The normalized spacial score (nSPS) is 13.4. The molecular formula is C23H25FN4O2S2. The topological polar surface area (TPSA) is 68.1 Å². The number of Topliss-reactive ketones (excluding diaryl/α,β-unsaturated/α-hetero) is 1. The summed E-state index contributed by atoms with van der Waals surface area (Å²) in [6.45, 7) is 7.34. The fourth-order valence-electron chi connectivity index (χ4n) is 3.70. The van der Waals surface area contributed by atoms with Crippen molar-refractivity contribution < 1.29 is 14.0 Å². The molecule has 2 heterocycles. The minimum absolute atomic E-state index is 0.0256. The third-order valence-electron chi connectivity index (χ3n) is 5.56. The quantitative estimate of drug-likeness (QED) is 0.254. The largest absolute Gasteiger partial charge is 0.318 e. The molecule has 32 heavy (non-hydrogen) atoms. The summed E-state index contributed by atoms with van der Waals surface area (Å²) < 4.78 is 16.6. The van der Waals surface area contributed by atoms with E-state index in [0.29, 0.717) is 32.7 Å². The van der Waals surface area contributed by atoms with E-state index in [1.54, 1.807) is 17.9 Å². The third kappa shape index (κ3) is 4.49. The van der Waals surface area contributed by atoms with Crippen molar-refractivity contribution in [3.8, 4) is 5.69 Å². The van der Waals surface area contributed by atoms with Crippen molar-refractivity contribution in [2.75, 3.05) is 10.7 Å². The zero-order chi connectivity index (χ0) is 23.0. The molecule has 0 unspecified atom stereocenters. The number of anilines is 1. The maximum Gasteiger partial charge on any atom is 0.228 e. The number of carbonyl (C=O) groups is 2. The van der Waals surface area contributed by atoms with Gasteiger partial charge in [-0.2, -0.15) is 0 Å². The maximum absolute atomic E-state index is 14.1. The Balaban J connectivity index is 1.48. The molecule has 0 spiro atoms. The molecule has 6 nitrogen and oxygen atoms in total. The third-order valence-corrected chi connectivity index (χ3v) is 7.61. The lowest BCUT2D eigenvalue weighted by atomic mass is 10.2. The molecular weight excluding hydrogens is 447 g/mol. The highest BCUT2D eigenvalue weighted by Crippen LogP contribution is 2.36. The average Bonchev–Trinajstić information content (AvgIpc) is 3.41. The van der Waals surface area contributed by atoms with Gasteiger partial charge in [-0.05, 0) is 57.4 Å². The molecule has 1 aliphatic rings. The monoisotopic (exact) mass is 472 g/mol. The number of thioether (sulfide) groups is 1. The van der Waals surface area contributed by atoms with Crippen LogP contribution in [0.5, 0.6) is 0 Å². The van der Waals surface area contributed by atoms with E-state index in [-0.39, 0.29) is 29.3 Å². The van der Waals surface area contributed by atoms with E-state index >= 15 is 0 Å². The fourth-order valence-corrected chi connectivity index (χ4v) is 5.51. The molecule has 1 aromatic carbocycles. The highest BCUT2D eigenvalue weighted by molar-refractivity contribution is 8.01. The van der Waals surface area contributed by atoms with Crippen molar-refractivity contribution in [3.63, 3.8) is 0 Å². The Morgan fingerprint density at radius 3 is 2.62 bits per heavy atom. The summed E-state index contributed by atoms with van der Waals surface area (Å²) in [7, 11) is 0. The molecule has 0 bridgehead atoms. The second-order valence-electron chi connectivity index (χ2n) is 7.96. The van der Waals surface area contributed by atoms with Gasteiger partial charge < -0.3 is 4.57 Å². The molecule has 0 aliphatic heterocycles. The van der Waals surface area contributed by atoms with E-state index in [0.717, 1.165) is 24.2 Å². The van der Waals surface area contributed by atoms with Gasteiger partial charge in [0.2, 0.25) is 11.0 Å². The average molecular weight is 473 g/mol. The van der Waals surface area contributed by atoms with Crippen LogP contribution in [-0.2, 0) is 4.79 Å². The van der Waals surface area contributed by atoms with Gasteiger partial charge in [0.1, 0.15) is 5.82 Å². The number of benzene rings is 1. The van der Waals surface area contributed by atoms with Crippen LogP contribution in [-0.4, -0.2) is 38.2 Å². The van der Waals surface area contributed by atoms with Crippen LogP contribution in [0.25, 0.3) is 5.69 Å². The summed E-state index contributed by atoms with van der Waals surface area (Å²) >= 11 is 2.67. The standard InChI is InChI=1S/C23H25FN4O2S2/c1-5-21(30)28(16-8-9-16)22-25-26-23(32-22)31-12-20(29)18-10-14(3)27(15(18)4)17-7-6-13(2)19(24)11-17/h6-7,10-11,16H,5,8-9,12H2,1-4H3. The number of aryl methyl sites for hydroxylation is 2. The lowest BCUT2D eigenvalue weighted by molar-refractivity contribution is -0.118. The van der Waals surface area contributed by atoms with Crippen LogP contribution in [0.1, 0.15) is 53.5 Å².